The van der Waals surface area contributed by atoms with Crippen molar-refractivity contribution in [3.05, 3.63) is 35.6 Å². The van der Waals surface area contributed by atoms with Crippen LogP contribution in [-0.4, -0.2) is 24.5 Å². The van der Waals surface area contributed by atoms with E-state index in [1.165, 1.54) is 12.1 Å². The lowest BCUT2D eigenvalue weighted by Crippen LogP contribution is -2.38. The van der Waals surface area contributed by atoms with Gasteiger partial charge in [0.2, 0.25) is 0 Å². The molecule has 0 saturated heterocycles. The van der Waals surface area contributed by atoms with E-state index in [0.29, 0.717) is 5.92 Å². The van der Waals surface area contributed by atoms with Crippen molar-refractivity contribution in [3.8, 4) is 0 Å². The van der Waals surface area contributed by atoms with Crippen molar-refractivity contribution in [1.29, 1.82) is 0 Å². The van der Waals surface area contributed by atoms with E-state index in [2.05, 4.69) is 25.8 Å². The van der Waals surface area contributed by atoms with E-state index < -0.39 is 0 Å². The average Bonchev–Trinajstić information content (AvgIpc) is 2.19. The lowest BCUT2D eigenvalue weighted by molar-refractivity contribution is 0.197. The molecular formula is C14H23FN2. The fraction of sp³-hybridized carbons (Fsp3) is 0.571. The Morgan fingerprint density at radius 3 is 2.12 bits per heavy atom. The molecule has 2 N–H and O–H groups in total. The van der Waals surface area contributed by atoms with E-state index in [1.807, 2.05) is 19.1 Å². The fourth-order valence-corrected chi connectivity index (χ4v) is 2.31. The summed E-state index contributed by atoms with van der Waals surface area (Å²) in [5.74, 6) is 0.380. The molecule has 0 bridgehead atoms. The number of nitrogens with two attached hydrogens (primary N) is 1. The van der Waals surface area contributed by atoms with Gasteiger partial charge >= 0.3 is 0 Å². The molecule has 0 saturated carbocycles. The predicted octanol–water partition coefficient (Wildman–Crippen LogP) is 2.80. The Hall–Kier alpha value is -0.930. The summed E-state index contributed by atoms with van der Waals surface area (Å²) >= 11 is 0. The van der Waals surface area contributed by atoms with Gasteiger partial charge in [-0.05, 0) is 37.6 Å². The molecule has 0 radical (unpaired) electrons. The van der Waals surface area contributed by atoms with Crippen molar-refractivity contribution in [2.75, 3.05) is 13.6 Å². The Labute approximate surface area is 104 Å². The highest BCUT2D eigenvalue weighted by Crippen LogP contribution is 2.23. The summed E-state index contributed by atoms with van der Waals surface area (Å²) < 4.78 is 12.9. The molecule has 0 aromatic heterocycles. The largest absolute Gasteiger partial charge is 0.326 e. The van der Waals surface area contributed by atoms with Crippen LogP contribution < -0.4 is 5.73 Å². The molecule has 1 rings (SSSR count). The normalized spacial score (nSPS) is 15.3. The molecule has 3 heteroatoms. The highest BCUT2D eigenvalue weighted by molar-refractivity contribution is 5.21. The van der Waals surface area contributed by atoms with Gasteiger partial charge in [0.05, 0.1) is 0 Å². The lowest BCUT2D eigenvalue weighted by Gasteiger charge is -2.32. The monoisotopic (exact) mass is 238 g/mol. The molecule has 2 nitrogen and oxygen atoms in total. The van der Waals surface area contributed by atoms with E-state index in [0.717, 1.165) is 12.1 Å². The number of hydrogen-bond acceptors (Lipinski definition) is 2. The van der Waals surface area contributed by atoms with Crippen molar-refractivity contribution >= 4 is 0 Å². The molecule has 0 fully saturated rings. The first-order valence-electron chi connectivity index (χ1n) is 6.13. The van der Waals surface area contributed by atoms with E-state index in [4.69, 9.17) is 5.73 Å². The van der Waals surface area contributed by atoms with Crippen molar-refractivity contribution in [2.24, 2.45) is 11.7 Å². The van der Waals surface area contributed by atoms with Gasteiger partial charge in [0.15, 0.2) is 0 Å². The average molecular weight is 238 g/mol. The van der Waals surface area contributed by atoms with Crippen LogP contribution >= 0.6 is 0 Å². The van der Waals surface area contributed by atoms with Gasteiger partial charge in [0, 0.05) is 18.6 Å². The first-order chi connectivity index (χ1) is 7.91. The fourth-order valence-electron chi connectivity index (χ4n) is 2.31. The van der Waals surface area contributed by atoms with Crippen molar-refractivity contribution in [3.63, 3.8) is 0 Å². The molecular weight excluding hydrogens is 215 g/mol. The summed E-state index contributed by atoms with van der Waals surface area (Å²) in [5, 5.41) is 0. The van der Waals surface area contributed by atoms with E-state index in [-0.39, 0.29) is 17.9 Å². The summed E-state index contributed by atoms with van der Waals surface area (Å²) in [5.41, 5.74) is 7.12. The van der Waals surface area contributed by atoms with E-state index in [9.17, 15) is 4.39 Å². The van der Waals surface area contributed by atoms with Crippen LogP contribution in [0.25, 0.3) is 0 Å². The zero-order chi connectivity index (χ0) is 13.0. The number of nitrogens with zero attached hydrogens (tertiary/aromatic N) is 1. The minimum absolute atomic E-state index is 0.0178. The van der Waals surface area contributed by atoms with Crippen LogP contribution in [-0.2, 0) is 0 Å². The Kier molecular flexibility index (Phi) is 5.09. The third-order valence-corrected chi connectivity index (χ3v) is 2.84. The van der Waals surface area contributed by atoms with Crippen LogP contribution in [0, 0.1) is 11.7 Å². The molecule has 96 valence electrons. The van der Waals surface area contributed by atoms with Crippen LogP contribution in [0.5, 0.6) is 0 Å². The quantitative estimate of drug-likeness (QED) is 0.854. The highest BCUT2D eigenvalue weighted by atomic mass is 19.1. The van der Waals surface area contributed by atoms with Gasteiger partial charge < -0.3 is 5.73 Å². The highest BCUT2D eigenvalue weighted by Gasteiger charge is 2.21. The van der Waals surface area contributed by atoms with Gasteiger partial charge in [-0.2, -0.15) is 0 Å². The number of benzene rings is 1. The van der Waals surface area contributed by atoms with Crippen molar-refractivity contribution < 1.29 is 4.39 Å². The maximum absolute atomic E-state index is 12.9. The molecule has 0 aliphatic rings. The third kappa shape index (κ3) is 4.10. The second-order valence-electron chi connectivity index (χ2n) is 5.19. The van der Waals surface area contributed by atoms with E-state index in [1.54, 1.807) is 0 Å². The molecule has 1 aromatic carbocycles. The topological polar surface area (TPSA) is 29.3 Å². The van der Waals surface area contributed by atoms with Crippen molar-refractivity contribution in [1.82, 2.24) is 4.90 Å². The summed E-state index contributed by atoms with van der Waals surface area (Å²) in [6.45, 7) is 7.33. The second kappa shape index (κ2) is 6.12. The number of hydrogen-bond donors (Lipinski definition) is 1. The van der Waals surface area contributed by atoms with Gasteiger partial charge in [-0.25, -0.2) is 4.39 Å². The molecule has 0 spiro atoms. The first kappa shape index (κ1) is 14.1. The molecule has 0 aliphatic carbocycles. The Morgan fingerprint density at radius 2 is 1.71 bits per heavy atom. The maximum Gasteiger partial charge on any atom is 0.123 e. The number of rotatable bonds is 5. The zero-order valence-corrected chi connectivity index (χ0v) is 11.2. The summed E-state index contributed by atoms with van der Waals surface area (Å²) in [7, 11) is 2.07. The summed E-state index contributed by atoms with van der Waals surface area (Å²) in [6.07, 6.45) is 0. The first-order valence-corrected chi connectivity index (χ1v) is 6.13. The van der Waals surface area contributed by atoms with Crippen LogP contribution in [0.4, 0.5) is 4.39 Å². The van der Waals surface area contributed by atoms with Crippen molar-refractivity contribution in [2.45, 2.75) is 32.9 Å². The predicted molar refractivity (Wildman–Crippen MR) is 70.3 cm³/mol. The maximum atomic E-state index is 12.9. The summed E-state index contributed by atoms with van der Waals surface area (Å²) in [4.78, 5) is 2.24. The van der Waals surface area contributed by atoms with Crippen LogP contribution in [0.2, 0.25) is 0 Å². The minimum Gasteiger partial charge on any atom is -0.326 e. The van der Waals surface area contributed by atoms with Crippen LogP contribution in [0.3, 0.4) is 0 Å². The molecule has 0 amide bonds. The van der Waals surface area contributed by atoms with Gasteiger partial charge in [-0.15, -0.1) is 0 Å². The second-order valence-corrected chi connectivity index (χ2v) is 5.19. The number of halogens is 1. The Balaban J connectivity index is 2.89. The van der Waals surface area contributed by atoms with Crippen LogP contribution in [0.1, 0.15) is 32.4 Å². The van der Waals surface area contributed by atoms with E-state index >= 15 is 0 Å². The Morgan fingerprint density at radius 1 is 1.18 bits per heavy atom. The SMILES string of the molecule is CC(C)CN(C)C(c1ccc(F)cc1)C(C)N. The van der Waals surface area contributed by atoms with Crippen LogP contribution in [0.15, 0.2) is 24.3 Å². The van der Waals surface area contributed by atoms with Gasteiger partial charge in [-0.3, -0.25) is 4.90 Å². The van der Waals surface area contributed by atoms with Gasteiger partial charge in [0.25, 0.3) is 0 Å². The molecule has 1 aromatic rings. The Bertz CT molecular complexity index is 333. The standard InChI is InChI=1S/C14H23FN2/c1-10(2)9-17(4)14(11(3)16)12-5-7-13(15)8-6-12/h5-8,10-11,14H,9,16H2,1-4H3. The molecule has 0 aliphatic heterocycles. The number of likely N-dealkylation sites (N-methyl/N-ethyl adjacent to an activating group) is 1. The molecule has 2 atom stereocenters. The smallest absolute Gasteiger partial charge is 0.123 e. The zero-order valence-electron chi connectivity index (χ0n) is 11.2. The molecule has 0 heterocycles. The molecule has 2 unspecified atom stereocenters. The third-order valence-electron chi connectivity index (χ3n) is 2.84. The minimum atomic E-state index is -0.205. The van der Waals surface area contributed by atoms with Gasteiger partial charge in [-0.1, -0.05) is 26.0 Å². The van der Waals surface area contributed by atoms with Gasteiger partial charge in [0.1, 0.15) is 5.82 Å². The molecule has 17 heavy (non-hydrogen) atoms. The lowest BCUT2D eigenvalue weighted by atomic mass is 9.98. The summed E-state index contributed by atoms with van der Waals surface area (Å²) in [6, 6.07) is 6.78.